The molecule has 0 aliphatic rings. The van der Waals surface area contributed by atoms with Gasteiger partial charge in [-0.3, -0.25) is 10.1 Å². The van der Waals surface area contributed by atoms with Gasteiger partial charge in [-0.2, -0.15) is 0 Å². The summed E-state index contributed by atoms with van der Waals surface area (Å²) in [6, 6.07) is 2.86. The zero-order valence-corrected chi connectivity index (χ0v) is 11.4. The van der Waals surface area contributed by atoms with E-state index in [1.807, 2.05) is 0 Å². The Labute approximate surface area is 115 Å². The number of rotatable bonds is 6. The van der Waals surface area contributed by atoms with Crippen molar-refractivity contribution in [2.45, 2.75) is 4.90 Å². The highest BCUT2D eigenvalue weighted by Gasteiger charge is 2.18. The summed E-state index contributed by atoms with van der Waals surface area (Å²) >= 11 is 0. The first-order valence-corrected chi connectivity index (χ1v) is 7.36. The van der Waals surface area contributed by atoms with Crippen LogP contribution in [0.15, 0.2) is 23.1 Å². The van der Waals surface area contributed by atoms with Crippen molar-refractivity contribution in [2.24, 2.45) is 5.73 Å². The van der Waals surface area contributed by atoms with Crippen LogP contribution in [0, 0.1) is 10.1 Å². The van der Waals surface area contributed by atoms with Crippen LogP contribution in [0.3, 0.4) is 0 Å². The van der Waals surface area contributed by atoms with E-state index in [-0.39, 0.29) is 29.4 Å². The minimum absolute atomic E-state index is 0.134. The number of anilines is 1. The maximum atomic E-state index is 11.3. The van der Waals surface area contributed by atoms with E-state index in [1.54, 1.807) is 0 Å². The average Bonchev–Trinajstić information content (AvgIpc) is 2.33. The SMILES string of the molecule is CS(=O)(=O)c1ccc(NCCNC(N)=O)c([N+](=O)[O-])c1. The largest absolute Gasteiger partial charge is 0.378 e. The van der Waals surface area contributed by atoms with Crippen LogP contribution in [0.25, 0.3) is 0 Å². The smallest absolute Gasteiger partial charge is 0.312 e. The number of carbonyl (C=O) groups is 1. The number of hydrogen-bond acceptors (Lipinski definition) is 6. The first-order chi connectivity index (χ1) is 9.21. The number of nitrogens with two attached hydrogens (primary N) is 1. The highest BCUT2D eigenvalue weighted by Crippen LogP contribution is 2.27. The molecule has 0 aliphatic carbocycles. The van der Waals surface area contributed by atoms with Gasteiger partial charge in [-0.05, 0) is 12.1 Å². The monoisotopic (exact) mass is 302 g/mol. The molecule has 9 nitrogen and oxygen atoms in total. The number of urea groups is 1. The van der Waals surface area contributed by atoms with Crippen LogP contribution in [0.4, 0.5) is 16.2 Å². The lowest BCUT2D eigenvalue weighted by atomic mass is 10.2. The quantitative estimate of drug-likeness (QED) is 0.385. The fourth-order valence-corrected chi connectivity index (χ4v) is 2.07. The zero-order chi connectivity index (χ0) is 15.3. The standard InChI is InChI=1S/C10H14N4O5S/c1-20(18,19)7-2-3-8(9(6-7)14(16)17)12-4-5-13-10(11)15/h2-3,6,12H,4-5H2,1H3,(H3,11,13,15). The van der Waals surface area contributed by atoms with Gasteiger partial charge in [0.25, 0.3) is 5.69 Å². The molecule has 10 heteroatoms. The highest BCUT2D eigenvalue weighted by atomic mass is 32.2. The number of sulfone groups is 1. The van der Waals surface area contributed by atoms with Gasteiger partial charge in [0.15, 0.2) is 9.84 Å². The number of amides is 2. The van der Waals surface area contributed by atoms with E-state index in [2.05, 4.69) is 10.6 Å². The second-order valence-corrected chi connectivity index (χ2v) is 5.94. The van der Waals surface area contributed by atoms with Crippen molar-refractivity contribution >= 4 is 27.2 Å². The zero-order valence-electron chi connectivity index (χ0n) is 10.6. The number of nitrogens with zero attached hydrogens (tertiary/aromatic N) is 1. The third-order valence-corrected chi connectivity index (χ3v) is 3.44. The van der Waals surface area contributed by atoms with Crippen molar-refractivity contribution in [3.63, 3.8) is 0 Å². The molecule has 0 atom stereocenters. The molecule has 1 rings (SSSR count). The Kier molecular flexibility index (Phi) is 4.86. The lowest BCUT2D eigenvalue weighted by Crippen LogP contribution is -2.33. The van der Waals surface area contributed by atoms with E-state index in [0.717, 1.165) is 12.3 Å². The molecular formula is C10H14N4O5S. The highest BCUT2D eigenvalue weighted by molar-refractivity contribution is 7.90. The van der Waals surface area contributed by atoms with Crippen LogP contribution in [-0.4, -0.2) is 38.7 Å². The lowest BCUT2D eigenvalue weighted by molar-refractivity contribution is -0.384. The molecule has 4 N–H and O–H groups in total. The van der Waals surface area contributed by atoms with Gasteiger partial charge in [0.05, 0.1) is 9.82 Å². The minimum atomic E-state index is -3.52. The van der Waals surface area contributed by atoms with Gasteiger partial charge < -0.3 is 16.4 Å². The Morgan fingerprint density at radius 2 is 2.05 bits per heavy atom. The van der Waals surface area contributed by atoms with Gasteiger partial charge in [0.1, 0.15) is 5.69 Å². The van der Waals surface area contributed by atoms with E-state index in [1.165, 1.54) is 12.1 Å². The molecule has 0 unspecified atom stereocenters. The molecule has 0 spiro atoms. The van der Waals surface area contributed by atoms with Crippen molar-refractivity contribution < 1.29 is 18.1 Å². The molecule has 0 aliphatic heterocycles. The molecule has 2 amide bonds. The van der Waals surface area contributed by atoms with Crippen molar-refractivity contribution in [3.8, 4) is 0 Å². The van der Waals surface area contributed by atoms with Crippen molar-refractivity contribution in [1.82, 2.24) is 5.32 Å². The van der Waals surface area contributed by atoms with Crippen molar-refractivity contribution in [1.29, 1.82) is 0 Å². The van der Waals surface area contributed by atoms with Crippen LogP contribution in [0.5, 0.6) is 0 Å². The van der Waals surface area contributed by atoms with Crippen LogP contribution in [0.1, 0.15) is 0 Å². The van der Waals surface area contributed by atoms with Gasteiger partial charge in [-0.1, -0.05) is 0 Å². The van der Waals surface area contributed by atoms with Gasteiger partial charge >= 0.3 is 6.03 Å². The topological polar surface area (TPSA) is 144 Å². The number of nitro benzene ring substituents is 1. The predicted octanol–water partition coefficient (Wildman–Crippen LogP) is 0.0785. The molecule has 0 bridgehead atoms. The number of nitrogens with one attached hydrogen (secondary N) is 2. The number of nitro groups is 1. The van der Waals surface area contributed by atoms with Crippen LogP contribution >= 0.6 is 0 Å². The van der Waals surface area contributed by atoms with E-state index in [4.69, 9.17) is 5.73 Å². The van der Waals surface area contributed by atoms with Crippen LogP contribution < -0.4 is 16.4 Å². The number of primary amides is 1. The Morgan fingerprint density at radius 1 is 1.40 bits per heavy atom. The van der Waals surface area contributed by atoms with E-state index in [9.17, 15) is 23.3 Å². The third kappa shape index (κ3) is 4.39. The second-order valence-electron chi connectivity index (χ2n) is 3.93. The summed E-state index contributed by atoms with van der Waals surface area (Å²) in [5.74, 6) is 0. The summed E-state index contributed by atoms with van der Waals surface area (Å²) < 4.78 is 22.7. The maximum absolute atomic E-state index is 11.3. The Morgan fingerprint density at radius 3 is 2.55 bits per heavy atom. The van der Waals surface area contributed by atoms with Gasteiger partial charge in [0.2, 0.25) is 0 Å². The molecule has 0 aromatic heterocycles. The summed E-state index contributed by atoms with van der Waals surface area (Å²) in [4.78, 5) is 20.6. The van der Waals surface area contributed by atoms with E-state index >= 15 is 0 Å². The molecule has 1 aromatic rings. The molecule has 110 valence electrons. The summed E-state index contributed by atoms with van der Waals surface area (Å²) in [5.41, 5.74) is 4.67. The molecule has 0 saturated carbocycles. The van der Waals surface area contributed by atoms with Crippen LogP contribution in [0.2, 0.25) is 0 Å². The first kappa shape index (κ1) is 15.7. The molecular weight excluding hydrogens is 288 g/mol. The molecule has 1 aromatic carbocycles. The van der Waals surface area contributed by atoms with Crippen molar-refractivity contribution in [2.75, 3.05) is 24.7 Å². The van der Waals surface area contributed by atoms with Gasteiger partial charge in [-0.15, -0.1) is 0 Å². The minimum Gasteiger partial charge on any atom is -0.378 e. The average molecular weight is 302 g/mol. The third-order valence-electron chi connectivity index (χ3n) is 2.33. The first-order valence-electron chi connectivity index (χ1n) is 5.47. The normalized spacial score (nSPS) is 10.8. The van der Waals surface area contributed by atoms with E-state index in [0.29, 0.717) is 0 Å². The Balaban J connectivity index is 2.91. The Bertz CT molecular complexity index is 629. The van der Waals surface area contributed by atoms with Crippen molar-refractivity contribution in [3.05, 3.63) is 28.3 Å². The maximum Gasteiger partial charge on any atom is 0.312 e. The summed E-state index contributed by atoms with van der Waals surface area (Å²) in [6.45, 7) is 0.391. The fourth-order valence-electron chi connectivity index (χ4n) is 1.43. The summed E-state index contributed by atoms with van der Waals surface area (Å²) in [5, 5.41) is 16.0. The lowest BCUT2D eigenvalue weighted by Gasteiger charge is -2.08. The van der Waals surface area contributed by atoms with Gasteiger partial charge in [-0.25, -0.2) is 13.2 Å². The number of benzene rings is 1. The fraction of sp³-hybridized carbons (Fsp3) is 0.300. The number of carbonyl (C=O) groups excluding carboxylic acids is 1. The molecule has 0 heterocycles. The Hall–Kier alpha value is -2.36. The van der Waals surface area contributed by atoms with E-state index < -0.39 is 20.8 Å². The molecule has 0 radical (unpaired) electrons. The number of hydrogen-bond donors (Lipinski definition) is 3. The van der Waals surface area contributed by atoms with Gasteiger partial charge in [0, 0.05) is 25.4 Å². The molecule has 0 saturated heterocycles. The predicted molar refractivity (Wildman–Crippen MR) is 72.3 cm³/mol. The summed E-state index contributed by atoms with van der Waals surface area (Å²) in [7, 11) is -3.52. The molecule has 0 fully saturated rings. The summed E-state index contributed by atoms with van der Waals surface area (Å²) in [6.07, 6.45) is 0.968. The second kappa shape index (κ2) is 6.19. The molecule has 20 heavy (non-hydrogen) atoms. The van der Waals surface area contributed by atoms with Crippen LogP contribution in [-0.2, 0) is 9.84 Å².